The van der Waals surface area contributed by atoms with E-state index in [1.54, 1.807) is 0 Å². The molecule has 0 aromatic carbocycles. The molecule has 0 N–H and O–H groups in total. The molecule has 0 spiro atoms. The molecule has 85 valence electrons. The number of hydrogen-bond donors (Lipinski definition) is 0. The summed E-state index contributed by atoms with van der Waals surface area (Å²) in [5, 5.41) is 0. The van der Waals surface area contributed by atoms with Gasteiger partial charge in [-0.1, -0.05) is 0 Å². The molecule has 0 saturated carbocycles. The van der Waals surface area contributed by atoms with Gasteiger partial charge in [0.25, 0.3) is 63.2 Å². The van der Waals surface area contributed by atoms with Crippen LogP contribution in [0.1, 0.15) is 0 Å². The van der Waals surface area contributed by atoms with Crippen LogP contribution in [0.2, 0.25) is 0 Å². The van der Waals surface area contributed by atoms with Crippen molar-refractivity contribution in [1.29, 1.82) is 0 Å². The van der Waals surface area contributed by atoms with Gasteiger partial charge >= 0.3 is 0 Å². The molecular formula is AmI3O9-3. The van der Waals surface area contributed by atoms with Gasteiger partial charge in [-0.05, 0) is 0 Å². The summed E-state index contributed by atoms with van der Waals surface area (Å²) in [6, 6.07) is 0. The van der Waals surface area contributed by atoms with Gasteiger partial charge in [0.1, 0.15) is 0 Å². The molecule has 1 radical (unpaired) electrons. The van der Waals surface area contributed by atoms with Crippen molar-refractivity contribution in [2.45, 2.75) is 0 Å². The van der Waals surface area contributed by atoms with Gasteiger partial charge in [0, 0.05) is 14.3 Å². The normalized spacial score (nSPS) is 8.31. The zero-order valence-corrected chi connectivity index (χ0v) is 14.8. The van der Waals surface area contributed by atoms with Gasteiger partial charge in [0.05, 0.1) is 0 Å². The molecule has 0 heterocycles. The predicted octanol–water partition coefficient (Wildman–Crippen LogP) is -19.7. The minimum atomic E-state index is -4.01. The Morgan fingerprint density at radius 2 is 0.385 bits per heavy atom. The minimum absolute atomic E-state index is 0. The van der Waals surface area contributed by atoms with Crippen LogP contribution < -0.4 is 94.1 Å². The molecule has 0 saturated heterocycles. The molecule has 0 aromatic rings. The second kappa shape index (κ2) is 19.7. The quantitative estimate of drug-likeness (QED) is 0.214. The summed E-state index contributed by atoms with van der Waals surface area (Å²) in [6.07, 6.45) is 0. The summed E-state index contributed by atoms with van der Waals surface area (Å²) in [7, 11) is 0. The van der Waals surface area contributed by atoms with Crippen LogP contribution in [0.15, 0.2) is 0 Å². The maximum absolute atomic E-state index is 8.57. The smallest absolute Gasteiger partial charge is 0.282 e. The Kier molecular flexibility index (Phi) is 37.1. The van der Waals surface area contributed by atoms with E-state index in [0.29, 0.717) is 0 Å². The first-order valence-corrected chi connectivity index (χ1v) is 9.32. The Labute approximate surface area is 107 Å². The van der Waals surface area contributed by atoms with E-state index in [2.05, 4.69) is 0 Å². The molecule has 9 nitrogen and oxygen atoms in total. The Hall–Kier alpha value is 2.22. The molecule has 0 atom stereocenters. The monoisotopic (exact) mass is 766 g/mol. The molecule has 0 unspecified atom stereocenters. The van der Waals surface area contributed by atoms with Crippen molar-refractivity contribution < 1.29 is 108 Å². The number of halogens is 3. The summed E-state index contributed by atoms with van der Waals surface area (Å²) < 4.78 is 77.2. The van der Waals surface area contributed by atoms with E-state index in [0.717, 1.165) is 0 Å². The van der Waals surface area contributed by atoms with Crippen LogP contribution >= 0.6 is 0 Å². The number of hydrogen-bond acceptors (Lipinski definition) is 9. The van der Waals surface area contributed by atoms with E-state index in [9.17, 15) is 0 Å². The van der Waals surface area contributed by atoms with Crippen LogP contribution in [0, 0.1) is 14.3 Å². The summed E-state index contributed by atoms with van der Waals surface area (Å²) in [5.41, 5.74) is 0. The number of rotatable bonds is 0. The van der Waals surface area contributed by atoms with E-state index < -0.39 is 63.2 Å². The van der Waals surface area contributed by atoms with Crippen molar-refractivity contribution in [1.82, 2.24) is 0 Å². The van der Waals surface area contributed by atoms with Crippen molar-refractivity contribution in [2.75, 3.05) is 0 Å². The van der Waals surface area contributed by atoms with E-state index in [1.165, 1.54) is 0 Å². The van der Waals surface area contributed by atoms with Crippen LogP contribution in [0.25, 0.3) is 0 Å². The van der Waals surface area contributed by atoms with Crippen LogP contribution in [-0.4, -0.2) is 0 Å². The molecule has 0 bridgehead atoms. The molecule has 0 aliphatic heterocycles. The fraction of sp³-hybridized carbons (Fsp3) is 0. The average Bonchev–Trinajstić information content (AvgIpc) is 1.54. The summed E-state index contributed by atoms with van der Waals surface area (Å²) in [4.78, 5) is 0. The molecule has 0 aromatic heterocycles. The Bertz CT molecular complexity index is 43.4. The third kappa shape index (κ3) is 431. The van der Waals surface area contributed by atoms with Gasteiger partial charge in [-0.3, -0.25) is 0 Å². The van der Waals surface area contributed by atoms with E-state index in [4.69, 9.17) is 30.9 Å². The Balaban J connectivity index is -0.0000000450. The van der Waals surface area contributed by atoms with Crippen molar-refractivity contribution >= 4 is 0 Å². The summed E-state index contributed by atoms with van der Waals surface area (Å²) in [5.74, 6) is 0. The van der Waals surface area contributed by atoms with Crippen LogP contribution in [-0.2, 0) is 0 Å². The van der Waals surface area contributed by atoms with Gasteiger partial charge in [-0.25, -0.2) is 0 Å². The predicted molar refractivity (Wildman–Crippen MR) is 0 cm³/mol. The van der Waals surface area contributed by atoms with Gasteiger partial charge in [-0.2, -0.15) is 0 Å². The molecule has 0 aliphatic rings. The van der Waals surface area contributed by atoms with Gasteiger partial charge in [0.15, 0.2) is 0 Å². The van der Waals surface area contributed by atoms with Crippen LogP contribution in [0.5, 0.6) is 0 Å². The Morgan fingerprint density at radius 1 is 0.385 bits per heavy atom. The maximum Gasteiger partial charge on any atom is 0.282 e. The SMILES string of the molecule is [Am].[O-][I+2]([O-])[O-].[O-][I+2]([O-])[O-].[O-][I+2]([O-])[O-]. The largest absolute Gasteiger partial charge is 0.427 e. The second-order valence-corrected chi connectivity index (χ2v) is 3.80. The zero-order chi connectivity index (χ0) is 10.7. The van der Waals surface area contributed by atoms with Crippen LogP contribution in [0.4, 0.5) is 0 Å². The summed E-state index contributed by atoms with van der Waals surface area (Å²) >= 11 is -12.0. The first kappa shape index (κ1) is 24.4. The molecule has 0 aliphatic carbocycles. The van der Waals surface area contributed by atoms with Crippen LogP contribution in [0.3, 0.4) is 0 Å². The van der Waals surface area contributed by atoms with Gasteiger partial charge in [-0.15, -0.1) is 0 Å². The van der Waals surface area contributed by atoms with Crippen molar-refractivity contribution in [3.05, 3.63) is 0 Å². The minimum Gasteiger partial charge on any atom is -0.427 e. The van der Waals surface area contributed by atoms with Crippen molar-refractivity contribution in [2.24, 2.45) is 0 Å². The third-order valence-electron chi connectivity index (χ3n) is 0. The topological polar surface area (TPSA) is 208 Å². The van der Waals surface area contributed by atoms with Gasteiger partial charge < -0.3 is 30.9 Å². The fourth-order valence-corrected chi connectivity index (χ4v) is 0. The van der Waals surface area contributed by atoms with E-state index >= 15 is 0 Å². The molecule has 13 heteroatoms. The van der Waals surface area contributed by atoms with Crippen molar-refractivity contribution in [3.63, 3.8) is 0 Å². The molecule has 0 rings (SSSR count). The first-order valence-electron chi connectivity index (χ1n) is 1.39. The fourth-order valence-electron chi connectivity index (χ4n) is 0. The maximum atomic E-state index is 8.57. The summed E-state index contributed by atoms with van der Waals surface area (Å²) in [6.45, 7) is 0. The standard InChI is InChI=1S/Am.3IO3/c;3*2-1(3)4/q;3*-1. The van der Waals surface area contributed by atoms with E-state index in [1.807, 2.05) is 0 Å². The van der Waals surface area contributed by atoms with Gasteiger partial charge in [0.2, 0.25) is 0 Å². The third-order valence-corrected chi connectivity index (χ3v) is 0. The molecule has 13 heavy (non-hydrogen) atoms. The first-order chi connectivity index (χ1) is 5.20. The molecule has 0 fully saturated rings. The Morgan fingerprint density at radius 3 is 0.385 bits per heavy atom. The van der Waals surface area contributed by atoms with E-state index in [-0.39, 0.29) is 14.3 Å². The zero-order valence-electron chi connectivity index (χ0n) is 5.19. The average molecular weight is 768 g/mol. The van der Waals surface area contributed by atoms with Crippen molar-refractivity contribution in [3.8, 4) is 0 Å². The molecular weight excluding hydrogens is 768 g/mol. The molecule has 0 amide bonds. The second-order valence-electron chi connectivity index (χ2n) is 0.567.